The van der Waals surface area contributed by atoms with Crippen molar-refractivity contribution < 1.29 is 13.3 Å². The SMILES string of the molecule is CCCC(F)(F)c1ccc(-c2ccon2)cc1. The van der Waals surface area contributed by atoms with Gasteiger partial charge in [-0.05, 0) is 0 Å². The summed E-state index contributed by atoms with van der Waals surface area (Å²) < 4.78 is 31.9. The van der Waals surface area contributed by atoms with Gasteiger partial charge in [0.05, 0.1) is 0 Å². The van der Waals surface area contributed by atoms with E-state index in [4.69, 9.17) is 4.52 Å². The average molecular weight is 237 g/mol. The number of hydrogen-bond donors (Lipinski definition) is 0. The monoisotopic (exact) mass is 237 g/mol. The molecular formula is C13H13F2NO. The summed E-state index contributed by atoms with van der Waals surface area (Å²) in [5, 5.41) is 3.75. The first-order valence-electron chi connectivity index (χ1n) is 5.52. The van der Waals surface area contributed by atoms with Gasteiger partial charge in [0.25, 0.3) is 5.92 Å². The molecule has 0 N–H and O–H groups in total. The Morgan fingerprint density at radius 2 is 1.88 bits per heavy atom. The zero-order chi connectivity index (χ0) is 12.3. The topological polar surface area (TPSA) is 26.0 Å². The van der Waals surface area contributed by atoms with Crippen LogP contribution in [0.4, 0.5) is 8.78 Å². The number of hydrogen-bond acceptors (Lipinski definition) is 2. The lowest BCUT2D eigenvalue weighted by atomic mass is 10.0. The van der Waals surface area contributed by atoms with Gasteiger partial charge in [-0.1, -0.05) is 42.8 Å². The fourth-order valence-corrected chi connectivity index (χ4v) is 1.70. The zero-order valence-corrected chi connectivity index (χ0v) is 9.49. The first-order chi connectivity index (χ1) is 8.13. The molecule has 0 bridgehead atoms. The Bertz CT molecular complexity index is 463. The van der Waals surface area contributed by atoms with Crippen LogP contribution in [0.2, 0.25) is 0 Å². The Hall–Kier alpha value is -1.71. The van der Waals surface area contributed by atoms with Gasteiger partial charge in [0.1, 0.15) is 12.0 Å². The largest absolute Gasteiger partial charge is 0.364 e. The second-order valence-corrected chi connectivity index (χ2v) is 3.92. The summed E-state index contributed by atoms with van der Waals surface area (Å²) in [6, 6.07) is 7.85. The first kappa shape index (κ1) is 11.8. The average Bonchev–Trinajstić information content (AvgIpc) is 2.82. The van der Waals surface area contributed by atoms with Crippen molar-refractivity contribution in [2.24, 2.45) is 0 Å². The van der Waals surface area contributed by atoms with E-state index in [2.05, 4.69) is 5.16 Å². The molecule has 0 spiro atoms. The third kappa shape index (κ3) is 2.52. The maximum absolute atomic E-state index is 13.6. The van der Waals surface area contributed by atoms with E-state index in [1.807, 2.05) is 0 Å². The fourth-order valence-electron chi connectivity index (χ4n) is 1.70. The number of rotatable bonds is 4. The zero-order valence-electron chi connectivity index (χ0n) is 9.49. The second kappa shape index (κ2) is 4.65. The van der Waals surface area contributed by atoms with Crippen molar-refractivity contribution in [3.63, 3.8) is 0 Å². The lowest BCUT2D eigenvalue weighted by Gasteiger charge is -2.15. The first-order valence-corrected chi connectivity index (χ1v) is 5.52. The number of benzene rings is 1. The van der Waals surface area contributed by atoms with Crippen LogP contribution in [0.3, 0.4) is 0 Å². The van der Waals surface area contributed by atoms with Gasteiger partial charge in [-0.3, -0.25) is 0 Å². The minimum absolute atomic E-state index is 0.0478. The molecule has 2 nitrogen and oxygen atoms in total. The molecule has 0 amide bonds. The lowest BCUT2D eigenvalue weighted by Crippen LogP contribution is -2.12. The number of alkyl halides is 2. The van der Waals surface area contributed by atoms with Gasteiger partial charge in [0, 0.05) is 23.6 Å². The van der Waals surface area contributed by atoms with Gasteiger partial charge >= 0.3 is 0 Å². The van der Waals surface area contributed by atoms with Crippen LogP contribution in [-0.4, -0.2) is 5.16 Å². The molecule has 0 saturated carbocycles. The molecule has 90 valence electrons. The number of halogens is 2. The Kier molecular flexibility index (Phi) is 3.22. The molecule has 0 unspecified atom stereocenters. The standard InChI is InChI=1S/C13H13F2NO/c1-2-8-13(14,15)11-5-3-10(4-6-11)12-7-9-17-16-12/h3-7,9H,2,8H2,1H3. The van der Waals surface area contributed by atoms with Crippen molar-refractivity contribution in [1.29, 1.82) is 0 Å². The molecular weight excluding hydrogens is 224 g/mol. The summed E-state index contributed by atoms with van der Waals surface area (Å²) in [7, 11) is 0. The smallest absolute Gasteiger partial charge is 0.273 e. The van der Waals surface area contributed by atoms with Crippen LogP contribution in [-0.2, 0) is 5.92 Å². The summed E-state index contributed by atoms with van der Waals surface area (Å²) in [5.41, 5.74) is 1.47. The van der Waals surface area contributed by atoms with Crippen molar-refractivity contribution in [2.75, 3.05) is 0 Å². The predicted molar refractivity (Wildman–Crippen MR) is 60.7 cm³/mol. The van der Waals surface area contributed by atoms with Gasteiger partial charge in [0.15, 0.2) is 0 Å². The van der Waals surface area contributed by atoms with Crippen molar-refractivity contribution >= 4 is 0 Å². The summed E-state index contributed by atoms with van der Waals surface area (Å²) in [4.78, 5) is 0. The van der Waals surface area contributed by atoms with E-state index >= 15 is 0 Å². The van der Waals surface area contributed by atoms with Gasteiger partial charge in [-0.25, -0.2) is 8.78 Å². The van der Waals surface area contributed by atoms with E-state index in [-0.39, 0.29) is 12.0 Å². The second-order valence-electron chi connectivity index (χ2n) is 3.92. The van der Waals surface area contributed by atoms with Gasteiger partial charge in [-0.15, -0.1) is 0 Å². The Morgan fingerprint density at radius 3 is 2.41 bits per heavy atom. The Balaban J connectivity index is 2.24. The molecule has 1 aromatic carbocycles. The fraction of sp³-hybridized carbons (Fsp3) is 0.308. The van der Waals surface area contributed by atoms with Crippen LogP contribution in [0.1, 0.15) is 25.3 Å². The van der Waals surface area contributed by atoms with E-state index in [9.17, 15) is 8.78 Å². The number of aromatic nitrogens is 1. The lowest BCUT2D eigenvalue weighted by molar-refractivity contribution is -0.0140. The Labute approximate surface area is 98.2 Å². The van der Waals surface area contributed by atoms with Gasteiger partial charge < -0.3 is 4.52 Å². The molecule has 0 radical (unpaired) electrons. The highest BCUT2D eigenvalue weighted by Gasteiger charge is 2.29. The van der Waals surface area contributed by atoms with Crippen molar-refractivity contribution in [3.8, 4) is 11.3 Å². The molecule has 0 saturated heterocycles. The maximum atomic E-state index is 13.6. The summed E-state index contributed by atoms with van der Waals surface area (Å²) in [5.74, 6) is -2.75. The molecule has 0 fully saturated rings. The minimum atomic E-state index is -2.75. The molecule has 0 atom stereocenters. The maximum Gasteiger partial charge on any atom is 0.273 e. The van der Waals surface area contributed by atoms with Crippen LogP contribution >= 0.6 is 0 Å². The predicted octanol–water partition coefficient (Wildman–Crippen LogP) is 4.23. The van der Waals surface area contributed by atoms with Crippen molar-refractivity contribution in [2.45, 2.75) is 25.7 Å². The van der Waals surface area contributed by atoms with Crippen LogP contribution in [0.5, 0.6) is 0 Å². The molecule has 2 rings (SSSR count). The summed E-state index contributed by atoms with van der Waals surface area (Å²) in [6.07, 6.45) is 1.78. The molecule has 4 heteroatoms. The highest BCUT2D eigenvalue weighted by atomic mass is 19.3. The van der Waals surface area contributed by atoms with Crippen LogP contribution in [0.25, 0.3) is 11.3 Å². The van der Waals surface area contributed by atoms with E-state index in [0.717, 1.165) is 5.56 Å². The molecule has 0 aliphatic heterocycles. The Morgan fingerprint density at radius 1 is 1.18 bits per heavy atom. The van der Waals surface area contributed by atoms with Crippen molar-refractivity contribution in [3.05, 3.63) is 42.2 Å². The molecule has 0 aliphatic rings. The van der Waals surface area contributed by atoms with Gasteiger partial charge in [0.2, 0.25) is 0 Å². The summed E-state index contributed by atoms with van der Waals surface area (Å²) >= 11 is 0. The third-order valence-corrected chi connectivity index (χ3v) is 2.60. The highest BCUT2D eigenvalue weighted by molar-refractivity contribution is 5.58. The molecule has 17 heavy (non-hydrogen) atoms. The highest BCUT2D eigenvalue weighted by Crippen LogP contribution is 2.33. The minimum Gasteiger partial charge on any atom is -0.364 e. The van der Waals surface area contributed by atoms with Gasteiger partial charge in [-0.2, -0.15) is 0 Å². The van der Waals surface area contributed by atoms with Crippen molar-refractivity contribution in [1.82, 2.24) is 5.16 Å². The normalized spacial score (nSPS) is 11.7. The van der Waals surface area contributed by atoms with Crippen LogP contribution in [0, 0.1) is 0 Å². The summed E-state index contributed by atoms with van der Waals surface area (Å²) in [6.45, 7) is 1.75. The van der Waals surface area contributed by atoms with E-state index in [1.54, 1.807) is 25.1 Å². The molecule has 2 aromatic rings. The number of nitrogens with zero attached hydrogens (tertiary/aromatic N) is 1. The van der Waals surface area contributed by atoms with E-state index in [1.165, 1.54) is 18.4 Å². The third-order valence-electron chi connectivity index (χ3n) is 2.60. The molecule has 0 aliphatic carbocycles. The van der Waals surface area contributed by atoms with Crippen LogP contribution in [0.15, 0.2) is 41.1 Å². The molecule has 1 aromatic heterocycles. The van der Waals surface area contributed by atoms with E-state index < -0.39 is 5.92 Å². The van der Waals surface area contributed by atoms with E-state index in [0.29, 0.717) is 12.1 Å². The quantitative estimate of drug-likeness (QED) is 0.795. The van der Waals surface area contributed by atoms with Crippen LogP contribution < -0.4 is 0 Å². The molecule has 1 heterocycles.